The standard InChI is InChI=1S/C17H29NO4/c1-11-9-21-10-13(12-7-8-17(5,6)14(12)19)18(11)15(20)22-16(2,3)4/h11-13H,7-10H2,1-6H3. The summed E-state index contributed by atoms with van der Waals surface area (Å²) in [4.78, 5) is 27.0. The van der Waals surface area contributed by atoms with Gasteiger partial charge >= 0.3 is 6.09 Å². The zero-order chi connectivity index (χ0) is 16.7. The van der Waals surface area contributed by atoms with Gasteiger partial charge in [0.25, 0.3) is 0 Å². The number of ether oxygens (including phenoxy) is 2. The minimum Gasteiger partial charge on any atom is -0.444 e. The summed E-state index contributed by atoms with van der Waals surface area (Å²) in [5, 5.41) is 0. The summed E-state index contributed by atoms with van der Waals surface area (Å²) in [7, 11) is 0. The number of carbonyl (C=O) groups excluding carboxylic acids is 2. The zero-order valence-electron chi connectivity index (χ0n) is 14.6. The molecule has 3 atom stereocenters. The van der Waals surface area contributed by atoms with Gasteiger partial charge in [-0.25, -0.2) is 4.79 Å². The molecule has 0 N–H and O–H groups in total. The van der Waals surface area contributed by atoms with Gasteiger partial charge in [-0.05, 0) is 40.5 Å². The van der Waals surface area contributed by atoms with Crippen LogP contribution in [0.2, 0.25) is 0 Å². The molecule has 3 unspecified atom stereocenters. The van der Waals surface area contributed by atoms with Gasteiger partial charge in [0.2, 0.25) is 0 Å². The van der Waals surface area contributed by atoms with Crippen LogP contribution in [0.1, 0.15) is 54.4 Å². The van der Waals surface area contributed by atoms with E-state index in [1.807, 2.05) is 41.5 Å². The highest BCUT2D eigenvalue weighted by atomic mass is 16.6. The number of amides is 1. The highest BCUT2D eigenvalue weighted by molar-refractivity contribution is 5.89. The fourth-order valence-electron chi connectivity index (χ4n) is 3.43. The Balaban J connectivity index is 2.21. The van der Waals surface area contributed by atoms with Gasteiger partial charge in [-0.3, -0.25) is 9.69 Å². The molecular weight excluding hydrogens is 282 g/mol. The second-order valence-corrected chi connectivity index (χ2v) is 8.23. The van der Waals surface area contributed by atoms with Crippen LogP contribution in [0.5, 0.6) is 0 Å². The van der Waals surface area contributed by atoms with Crippen LogP contribution >= 0.6 is 0 Å². The highest BCUT2D eigenvalue weighted by Gasteiger charge is 2.49. The minimum absolute atomic E-state index is 0.0786. The number of morpholine rings is 1. The molecule has 2 fully saturated rings. The maximum Gasteiger partial charge on any atom is 0.410 e. The van der Waals surface area contributed by atoms with Gasteiger partial charge in [-0.2, -0.15) is 0 Å². The van der Waals surface area contributed by atoms with Gasteiger partial charge in [0.1, 0.15) is 11.4 Å². The first-order chi connectivity index (χ1) is 10.0. The molecule has 0 bridgehead atoms. The van der Waals surface area contributed by atoms with E-state index in [1.54, 1.807) is 4.90 Å². The summed E-state index contributed by atoms with van der Waals surface area (Å²) in [5.41, 5.74) is -0.844. The van der Waals surface area contributed by atoms with E-state index in [4.69, 9.17) is 9.47 Å². The number of hydrogen-bond donors (Lipinski definition) is 0. The molecule has 1 heterocycles. The van der Waals surface area contributed by atoms with Crippen LogP contribution in [-0.4, -0.2) is 47.7 Å². The Morgan fingerprint density at radius 3 is 2.45 bits per heavy atom. The van der Waals surface area contributed by atoms with Crippen molar-refractivity contribution >= 4 is 11.9 Å². The number of carbonyl (C=O) groups is 2. The molecule has 1 aliphatic heterocycles. The quantitative estimate of drug-likeness (QED) is 0.747. The van der Waals surface area contributed by atoms with E-state index >= 15 is 0 Å². The molecule has 2 aliphatic rings. The molecule has 1 amide bonds. The highest BCUT2D eigenvalue weighted by Crippen LogP contribution is 2.41. The lowest BCUT2D eigenvalue weighted by Crippen LogP contribution is -2.58. The van der Waals surface area contributed by atoms with E-state index in [1.165, 1.54) is 0 Å². The Hall–Kier alpha value is -1.10. The van der Waals surface area contributed by atoms with Crippen molar-refractivity contribution in [3.63, 3.8) is 0 Å². The zero-order valence-corrected chi connectivity index (χ0v) is 14.6. The molecule has 5 nitrogen and oxygen atoms in total. The Bertz CT molecular complexity index is 452. The average Bonchev–Trinajstić information content (AvgIpc) is 2.62. The molecular formula is C17H29NO4. The monoisotopic (exact) mass is 311 g/mol. The fourth-order valence-corrected chi connectivity index (χ4v) is 3.43. The lowest BCUT2D eigenvalue weighted by molar-refractivity contribution is -0.133. The van der Waals surface area contributed by atoms with Crippen molar-refractivity contribution in [3.05, 3.63) is 0 Å². The summed E-state index contributed by atoms with van der Waals surface area (Å²) in [6.07, 6.45) is 1.33. The van der Waals surface area contributed by atoms with Crippen LogP contribution in [0, 0.1) is 11.3 Å². The molecule has 5 heteroatoms. The predicted molar refractivity (Wildman–Crippen MR) is 83.7 cm³/mol. The summed E-state index contributed by atoms with van der Waals surface area (Å²) in [5.74, 6) is 0.0917. The van der Waals surface area contributed by atoms with E-state index in [-0.39, 0.29) is 35.3 Å². The maximum absolute atomic E-state index is 12.7. The summed E-state index contributed by atoms with van der Waals surface area (Å²) >= 11 is 0. The van der Waals surface area contributed by atoms with Crippen molar-refractivity contribution in [2.24, 2.45) is 11.3 Å². The molecule has 1 saturated carbocycles. The second kappa shape index (κ2) is 5.84. The Morgan fingerprint density at radius 1 is 1.32 bits per heavy atom. The molecule has 2 rings (SSSR count). The van der Waals surface area contributed by atoms with Crippen molar-refractivity contribution in [2.75, 3.05) is 13.2 Å². The van der Waals surface area contributed by atoms with Gasteiger partial charge in [-0.1, -0.05) is 13.8 Å². The second-order valence-electron chi connectivity index (χ2n) is 8.23. The van der Waals surface area contributed by atoms with Crippen LogP contribution < -0.4 is 0 Å². The van der Waals surface area contributed by atoms with Crippen LogP contribution in [0.3, 0.4) is 0 Å². The summed E-state index contributed by atoms with van der Waals surface area (Å²) in [6, 6.07) is -0.294. The van der Waals surface area contributed by atoms with Crippen LogP contribution in [0.25, 0.3) is 0 Å². The molecule has 0 aromatic rings. The van der Waals surface area contributed by atoms with Crippen molar-refractivity contribution in [2.45, 2.75) is 72.1 Å². The Kier molecular flexibility index (Phi) is 4.58. The van der Waals surface area contributed by atoms with E-state index < -0.39 is 5.60 Å². The average molecular weight is 311 g/mol. The smallest absolute Gasteiger partial charge is 0.410 e. The first-order valence-electron chi connectivity index (χ1n) is 8.16. The number of Topliss-reactive ketones (excluding diaryl/α,β-unsaturated/α-hetero) is 1. The van der Waals surface area contributed by atoms with Gasteiger partial charge in [0.05, 0.1) is 25.3 Å². The van der Waals surface area contributed by atoms with E-state index in [0.717, 1.165) is 12.8 Å². The topological polar surface area (TPSA) is 55.8 Å². The molecule has 0 aromatic heterocycles. The third-order valence-corrected chi connectivity index (χ3v) is 4.63. The number of rotatable bonds is 1. The molecule has 1 aliphatic carbocycles. The molecule has 22 heavy (non-hydrogen) atoms. The molecule has 0 spiro atoms. The predicted octanol–water partition coefficient (Wildman–Crippen LogP) is 3.02. The minimum atomic E-state index is -0.543. The van der Waals surface area contributed by atoms with Crippen molar-refractivity contribution in [1.29, 1.82) is 0 Å². The van der Waals surface area contributed by atoms with Crippen molar-refractivity contribution in [3.8, 4) is 0 Å². The van der Waals surface area contributed by atoms with Gasteiger partial charge in [0.15, 0.2) is 0 Å². The van der Waals surface area contributed by atoms with Gasteiger partial charge in [-0.15, -0.1) is 0 Å². The van der Waals surface area contributed by atoms with Gasteiger partial charge < -0.3 is 9.47 Å². The first-order valence-corrected chi connectivity index (χ1v) is 8.16. The lowest BCUT2D eigenvalue weighted by Gasteiger charge is -2.43. The Morgan fingerprint density at radius 2 is 1.95 bits per heavy atom. The first kappa shape index (κ1) is 17.3. The molecule has 0 aromatic carbocycles. The summed E-state index contributed by atoms with van der Waals surface area (Å²) in [6.45, 7) is 12.4. The third kappa shape index (κ3) is 3.45. The van der Waals surface area contributed by atoms with Crippen LogP contribution in [0.15, 0.2) is 0 Å². The van der Waals surface area contributed by atoms with Crippen LogP contribution in [-0.2, 0) is 14.3 Å². The third-order valence-electron chi connectivity index (χ3n) is 4.63. The maximum atomic E-state index is 12.7. The largest absolute Gasteiger partial charge is 0.444 e. The van der Waals surface area contributed by atoms with E-state index in [0.29, 0.717) is 13.2 Å². The normalized spacial score (nSPS) is 32.2. The van der Waals surface area contributed by atoms with Gasteiger partial charge in [0, 0.05) is 11.3 Å². The molecule has 0 radical (unpaired) electrons. The molecule has 126 valence electrons. The number of ketones is 1. The van der Waals surface area contributed by atoms with E-state index in [2.05, 4.69) is 0 Å². The molecule has 1 saturated heterocycles. The fraction of sp³-hybridized carbons (Fsp3) is 0.882. The van der Waals surface area contributed by atoms with Crippen molar-refractivity contribution in [1.82, 2.24) is 4.90 Å². The Labute approximate surface area is 133 Å². The number of nitrogens with zero attached hydrogens (tertiary/aromatic N) is 1. The SMILES string of the molecule is CC1COCC(C2CCC(C)(C)C2=O)N1C(=O)OC(C)(C)C. The lowest BCUT2D eigenvalue weighted by atomic mass is 9.86. The number of hydrogen-bond acceptors (Lipinski definition) is 4. The summed E-state index contributed by atoms with van der Waals surface area (Å²) < 4.78 is 11.2. The van der Waals surface area contributed by atoms with E-state index in [9.17, 15) is 9.59 Å². The van der Waals surface area contributed by atoms with Crippen molar-refractivity contribution < 1.29 is 19.1 Å². The van der Waals surface area contributed by atoms with Crippen LogP contribution in [0.4, 0.5) is 4.79 Å².